The van der Waals surface area contributed by atoms with Crippen LogP contribution in [0.3, 0.4) is 0 Å². The lowest BCUT2D eigenvalue weighted by Crippen LogP contribution is -2.24. The average molecular weight is 466 g/mol. The summed E-state index contributed by atoms with van der Waals surface area (Å²) in [6.45, 7) is 2.03. The van der Waals surface area contributed by atoms with Gasteiger partial charge in [0.25, 0.3) is 0 Å². The van der Waals surface area contributed by atoms with E-state index in [-0.39, 0.29) is 35.6 Å². The molecule has 166 valence electrons. The van der Waals surface area contributed by atoms with Crippen molar-refractivity contribution in [3.05, 3.63) is 36.0 Å². The fourth-order valence-corrected chi connectivity index (χ4v) is 6.63. The van der Waals surface area contributed by atoms with Crippen LogP contribution in [0.25, 0.3) is 11.1 Å². The van der Waals surface area contributed by atoms with Gasteiger partial charge in [0.2, 0.25) is 10.0 Å². The van der Waals surface area contributed by atoms with E-state index in [0.29, 0.717) is 24.1 Å². The fraction of sp³-hybridized carbons (Fsp3) is 0.333. The molecule has 0 saturated heterocycles. The minimum absolute atomic E-state index is 0.0106. The number of nitrogen functional groups attached to an aromatic ring is 1. The van der Waals surface area contributed by atoms with Crippen molar-refractivity contribution in [2.45, 2.75) is 23.1 Å². The van der Waals surface area contributed by atoms with Crippen molar-refractivity contribution in [2.75, 3.05) is 24.7 Å². The molecule has 2 heterocycles. The van der Waals surface area contributed by atoms with E-state index in [1.165, 1.54) is 24.4 Å². The van der Waals surface area contributed by atoms with Crippen LogP contribution in [0.2, 0.25) is 0 Å². The Bertz CT molecular complexity index is 1250. The number of benzene rings is 1. The molecule has 1 atom stereocenters. The SMILES string of the molecule is C[C@@H](CCN)CS(=O)(=O)c1ccc(-c2ccc(N)nc2)c(C2=NCN=N2)c1S(N)(=O)=O. The van der Waals surface area contributed by atoms with Gasteiger partial charge in [0, 0.05) is 11.8 Å². The molecule has 0 unspecified atom stereocenters. The molecular formula is C18H23N7O4S2. The molecule has 0 aliphatic carbocycles. The van der Waals surface area contributed by atoms with Gasteiger partial charge in [-0.05, 0) is 42.6 Å². The lowest BCUT2D eigenvalue weighted by Gasteiger charge is -2.18. The molecule has 1 aromatic heterocycles. The van der Waals surface area contributed by atoms with E-state index >= 15 is 0 Å². The number of azo groups is 1. The Labute approximate surface area is 180 Å². The molecule has 11 nitrogen and oxygen atoms in total. The maximum atomic E-state index is 13.2. The van der Waals surface area contributed by atoms with Crippen LogP contribution in [0.5, 0.6) is 0 Å². The first kappa shape index (κ1) is 22.9. The summed E-state index contributed by atoms with van der Waals surface area (Å²) in [7, 11) is -8.53. The minimum atomic E-state index is -4.50. The monoisotopic (exact) mass is 465 g/mol. The van der Waals surface area contributed by atoms with Gasteiger partial charge in [-0.15, -0.1) is 5.11 Å². The minimum Gasteiger partial charge on any atom is -0.384 e. The highest BCUT2D eigenvalue weighted by Gasteiger charge is 2.33. The smallest absolute Gasteiger partial charge is 0.240 e. The number of nitrogens with zero attached hydrogens (tertiary/aromatic N) is 4. The topological polar surface area (TPSA) is 196 Å². The van der Waals surface area contributed by atoms with Gasteiger partial charge in [0.1, 0.15) is 10.7 Å². The van der Waals surface area contributed by atoms with Crippen LogP contribution < -0.4 is 16.6 Å². The molecule has 3 rings (SSSR count). The van der Waals surface area contributed by atoms with Crippen LogP contribution >= 0.6 is 0 Å². The van der Waals surface area contributed by atoms with E-state index in [1.54, 1.807) is 13.0 Å². The highest BCUT2D eigenvalue weighted by molar-refractivity contribution is 7.93. The van der Waals surface area contributed by atoms with Gasteiger partial charge in [0.05, 0.1) is 16.2 Å². The Kier molecular flexibility index (Phi) is 6.50. The summed E-state index contributed by atoms with van der Waals surface area (Å²) >= 11 is 0. The summed E-state index contributed by atoms with van der Waals surface area (Å²) < 4.78 is 51.6. The lowest BCUT2D eigenvalue weighted by atomic mass is 10.00. The van der Waals surface area contributed by atoms with Gasteiger partial charge >= 0.3 is 0 Å². The normalized spacial score (nSPS) is 15.1. The molecule has 0 amide bonds. The third-order valence-corrected chi connectivity index (χ3v) is 7.82. The second kappa shape index (κ2) is 8.78. The average Bonchev–Trinajstić information content (AvgIpc) is 3.21. The van der Waals surface area contributed by atoms with Crippen molar-refractivity contribution in [3.8, 4) is 11.1 Å². The Morgan fingerprint density at radius 3 is 2.42 bits per heavy atom. The number of aliphatic imine (C=N–C) groups is 1. The third-order valence-electron chi connectivity index (χ3n) is 4.67. The molecule has 1 aliphatic rings. The lowest BCUT2D eigenvalue weighted by molar-refractivity contribution is 0.551. The fourth-order valence-electron chi connectivity index (χ4n) is 3.31. The second-order valence-electron chi connectivity index (χ2n) is 7.16. The van der Waals surface area contributed by atoms with Gasteiger partial charge in [-0.3, -0.25) is 0 Å². The van der Waals surface area contributed by atoms with Crippen LogP contribution in [-0.4, -0.2) is 46.6 Å². The highest BCUT2D eigenvalue weighted by Crippen LogP contribution is 2.35. The van der Waals surface area contributed by atoms with Crippen LogP contribution in [0.15, 0.2) is 55.5 Å². The molecule has 0 fully saturated rings. The zero-order valence-corrected chi connectivity index (χ0v) is 18.4. The molecule has 0 spiro atoms. The highest BCUT2D eigenvalue weighted by atomic mass is 32.2. The number of nitrogens with two attached hydrogens (primary N) is 3. The zero-order valence-electron chi connectivity index (χ0n) is 16.8. The summed E-state index contributed by atoms with van der Waals surface area (Å²) in [5, 5.41) is 13.2. The maximum Gasteiger partial charge on any atom is 0.240 e. The largest absolute Gasteiger partial charge is 0.384 e. The van der Waals surface area contributed by atoms with Crippen LogP contribution in [0.4, 0.5) is 5.82 Å². The molecule has 0 saturated carbocycles. The number of hydrogen-bond donors (Lipinski definition) is 3. The number of aromatic nitrogens is 1. The number of pyridine rings is 1. The van der Waals surface area contributed by atoms with Gasteiger partial charge < -0.3 is 11.5 Å². The van der Waals surface area contributed by atoms with E-state index in [2.05, 4.69) is 20.2 Å². The van der Waals surface area contributed by atoms with E-state index in [0.717, 1.165) is 0 Å². The molecule has 13 heteroatoms. The predicted molar refractivity (Wildman–Crippen MR) is 117 cm³/mol. The standard InChI is InChI=1S/C18H23N7O4S2/c1-11(6-7-19)9-30(26,27)14-4-3-13(12-2-5-15(20)22-8-12)16(17(14)31(21,28)29)18-23-10-24-25-18/h2-5,8,11H,6-7,9-10,19H2,1H3,(H2,20,22)(H2,21,28,29)/t11-/m0/s1. The number of rotatable bonds is 8. The van der Waals surface area contributed by atoms with E-state index in [1.807, 2.05) is 0 Å². The van der Waals surface area contributed by atoms with Gasteiger partial charge in [0.15, 0.2) is 22.3 Å². The molecule has 6 N–H and O–H groups in total. The first-order valence-electron chi connectivity index (χ1n) is 9.31. The van der Waals surface area contributed by atoms with Crippen molar-refractivity contribution < 1.29 is 16.8 Å². The van der Waals surface area contributed by atoms with Gasteiger partial charge in [-0.2, -0.15) is 5.11 Å². The van der Waals surface area contributed by atoms with E-state index < -0.39 is 29.7 Å². The number of amidine groups is 1. The quantitative estimate of drug-likeness (QED) is 0.514. The Morgan fingerprint density at radius 1 is 1.13 bits per heavy atom. The van der Waals surface area contributed by atoms with Crippen LogP contribution in [0, 0.1) is 5.92 Å². The summed E-state index contributed by atoms with van der Waals surface area (Å²) in [6.07, 6.45) is 1.90. The van der Waals surface area contributed by atoms with Crippen LogP contribution in [-0.2, 0) is 19.9 Å². The Balaban J connectivity index is 2.34. The first-order valence-corrected chi connectivity index (χ1v) is 12.5. The number of hydrogen-bond acceptors (Lipinski definition) is 10. The van der Waals surface area contributed by atoms with Crippen LogP contribution in [0.1, 0.15) is 18.9 Å². The van der Waals surface area contributed by atoms with Crippen molar-refractivity contribution >= 4 is 31.5 Å². The molecule has 0 radical (unpaired) electrons. The molecule has 0 bridgehead atoms. The van der Waals surface area contributed by atoms with E-state index in [4.69, 9.17) is 16.6 Å². The molecular weight excluding hydrogens is 442 g/mol. The maximum absolute atomic E-state index is 13.2. The summed E-state index contributed by atoms with van der Waals surface area (Å²) in [6, 6.07) is 5.87. The van der Waals surface area contributed by atoms with Crippen molar-refractivity contribution in [3.63, 3.8) is 0 Å². The Hall–Kier alpha value is -2.74. The zero-order chi connectivity index (χ0) is 22.8. The van der Waals surface area contributed by atoms with Gasteiger partial charge in [-0.1, -0.05) is 13.0 Å². The van der Waals surface area contributed by atoms with E-state index in [9.17, 15) is 16.8 Å². The summed E-state index contributed by atoms with van der Waals surface area (Å²) in [5.74, 6) is -0.328. The number of anilines is 1. The van der Waals surface area contributed by atoms with Crippen molar-refractivity contribution in [2.24, 2.45) is 32.0 Å². The number of sulfonamides is 1. The van der Waals surface area contributed by atoms with Crippen molar-refractivity contribution in [1.29, 1.82) is 0 Å². The van der Waals surface area contributed by atoms with Gasteiger partial charge in [-0.25, -0.2) is 32.0 Å². The molecule has 2 aromatic rings. The second-order valence-corrected chi connectivity index (χ2v) is 10.7. The predicted octanol–water partition coefficient (Wildman–Crippen LogP) is 0.907. The molecule has 31 heavy (non-hydrogen) atoms. The third kappa shape index (κ3) is 4.95. The van der Waals surface area contributed by atoms with Crippen molar-refractivity contribution in [1.82, 2.24) is 4.98 Å². The summed E-state index contributed by atoms with van der Waals surface area (Å²) in [5.41, 5.74) is 12.0. The first-order chi connectivity index (χ1) is 14.5. The molecule has 1 aliphatic heterocycles. The Morgan fingerprint density at radius 2 is 1.87 bits per heavy atom. The molecule has 1 aromatic carbocycles. The number of primary sulfonamides is 1. The summed E-state index contributed by atoms with van der Waals surface area (Å²) in [4.78, 5) is 7.14. The number of sulfone groups is 1.